The molecule has 2 N–H and O–H groups in total. The highest BCUT2D eigenvalue weighted by atomic mass is 16.6. The van der Waals surface area contributed by atoms with Crippen LogP contribution < -0.4 is 10.6 Å². The molecule has 3 rings (SSSR count). The van der Waals surface area contributed by atoms with E-state index in [4.69, 9.17) is 4.74 Å². The van der Waals surface area contributed by atoms with Crippen molar-refractivity contribution in [3.05, 3.63) is 107 Å². The lowest BCUT2D eigenvalue weighted by Gasteiger charge is -2.39. The van der Waals surface area contributed by atoms with Crippen molar-refractivity contribution in [3.8, 4) is 0 Å². The first-order valence-electron chi connectivity index (χ1n) is 16.0. The van der Waals surface area contributed by atoms with Crippen molar-refractivity contribution < 1.29 is 19.1 Å². The SMILES string of the molecule is Cc1cccc(C(C(=O)NCc2ccccc2)N(C(=O)C(Cc2ccccc2)NC(=O)OC(C)(C)C)C(C)CCC(C)C)c1C. The molecule has 3 aromatic carbocycles. The minimum atomic E-state index is -0.960. The maximum atomic E-state index is 14.9. The standard InChI is InChI=1S/C38H51N3O4/c1-26(2)22-23-28(4)41(36(43)33(24-30-17-11-9-12-18-30)40-37(44)45-38(6,7)8)34(32-21-15-16-27(3)29(32)5)35(42)39-25-31-19-13-10-14-20-31/h9-21,26,28,33-34H,22-25H2,1-8H3,(H,39,42)(H,40,44). The molecule has 7 nitrogen and oxygen atoms in total. The number of nitrogens with one attached hydrogen (secondary N) is 2. The fraction of sp³-hybridized carbons (Fsp3) is 0.447. The van der Waals surface area contributed by atoms with Crippen LogP contribution in [0.4, 0.5) is 4.79 Å². The lowest BCUT2D eigenvalue weighted by molar-refractivity contribution is -0.145. The highest BCUT2D eigenvalue weighted by molar-refractivity contribution is 5.92. The molecule has 45 heavy (non-hydrogen) atoms. The number of carbonyl (C=O) groups is 3. The second-order valence-corrected chi connectivity index (χ2v) is 13.3. The van der Waals surface area contributed by atoms with Crippen LogP contribution in [0.25, 0.3) is 0 Å². The Hall–Kier alpha value is -4.13. The molecule has 0 bridgehead atoms. The number of amides is 3. The molecular formula is C38H51N3O4. The van der Waals surface area contributed by atoms with Gasteiger partial charge in [-0.1, -0.05) is 92.7 Å². The number of aryl methyl sites for hydroxylation is 1. The molecule has 0 saturated heterocycles. The van der Waals surface area contributed by atoms with Crippen molar-refractivity contribution in [1.29, 1.82) is 0 Å². The van der Waals surface area contributed by atoms with E-state index in [0.717, 1.165) is 34.2 Å². The molecular weight excluding hydrogens is 562 g/mol. The number of rotatable bonds is 13. The molecule has 242 valence electrons. The molecule has 0 aliphatic carbocycles. The summed E-state index contributed by atoms with van der Waals surface area (Å²) in [5.74, 6) is -0.190. The van der Waals surface area contributed by atoms with Crippen molar-refractivity contribution in [2.24, 2.45) is 5.92 Å². The molecule has 0 fully saturated rings. The minimum absolute atomic E-state index is 0.247. The number of hydrogen-bond acceptors (Lipinski definition) is 4. The molecule has 3 unspecified atom stereocenters. The van der Waals surface area contributed by atoms with Gasteiger partial charge >= 0.3 is 6.09 Å². The fourth-order valence-electron chi connectivity index (χ4n) is 5.36. The Labute approximate surface area is 269 Å². The summed E-state index contributed by atoms with van der Waals surface area (Å²) in [6.45, 7) is 16.0. The van der Waals surface area contributed by atoms with Gasteiger partial charge in [0, 0.05) is 19.0 Å². The Morgan fingerprint density at radius 1 is 0.800 bits per heavy atom. The van der Waals surface area contributed by atoms with Gasteiger partial charge in [-0.15, -0.1) is 0 Å². The molecule has 3 amide bonds. The third kappa shape index (κ3) is 10.8. The molecule has 3 aromatic rings. The van der Waals surface area contributed by atoms with Crippen LogP contribution in [0.15, 0.2) is 78.9 Å². The normalized spacial score (nSPS) is 13.4. The summed E-state index contributed by atoms with van der Waals surface area (Å²) in [5.41, 5.74) is 3.85. The number of carbonyl (C=O) groups excluding carboxylic acids is 3. The van der Waals surface area contributed by atoms with Crippen molar-refractivity contribution >= 4 is 17.9 Å². The van der Waals surface area contributed by atoms with Gasteiger partial charge in [0.05, 0.1) is 0 Å². The molecule has 0 aliphatic rings. The Balaban J connectivity index is 2.12. The van der Waals surface area contributed by atoms with Gasteiger partial charge in [0.2, 0.25) is 11.8 Å². The second-order valence-electron chi connectivity index (χ2n) is 13.3. The van der Waals surface area contributed by atoms with Gasteiger partial charge in [0.1, 0.15) is 17.7 Å². The van der Waals surface area contributed by atoms with Gasteiger partial charge < -0.3 is 20.3 Å². The minimum Gasteiger partial charge on any atom is -0.444 e. The van der Waals surface area contributed by atoms with Crippen LogP contribution in [0.5, 0.6) is 0 Å². The summed E-state index contributed by atoms with van der Waals surface area (Å²) < 4.78 is 5.59. The van der Waals surface area contributed by atoms with Crippen molar-refractivity contribution in [3.63, 3.8) is 0 Å². The highest BCUT2D eigenvalue weighted by Gasteiger charge is 2.39. The van der Waals surface area contributed by atoms with Crippen LogP contribution in [0.3, 0.4) is 0 Å². The van der Waals surface area contributed by atoms with Crippen LogP contribution in [0, 0.1) is 19.8 Å². The fourth-order valence-corrected chi connectivity index (χ4v) is 5.36. The lowest BCUT2D eigenvalue weighted by Crippen LogP contribution is -2.56. The van der Waals surface area contributed by atoms with Gasteiger partial charge in [0.15, 0.2) is 0 Å². The van der Waals surface area contributed by atoms with Gasteiger partial charge in [-0.25, -0.2) is 4.79 Å². The van der Waals surface area contributed by atoms with E-state index in [1.165, 1.54) is 0 Å². The van der Waals surface area contributed by atoms with E-state index in [2.05, 4.69) is 24.5 Å². The summed E-state index contributed by atoms with van der Waals surface area (Å²) >= 11 is 0. The Morgan fingerprint density at radius 2 is 1.40 bits per heavy atom. The van der Waals surface area contributed by atoms with E-state index >= 15 is 0 Å². The van der Waals surface area contributed by atoms with Gasteiger partial charge in [0.25, 0.3) is 0 Å². The Kier molecular flexibility index (Phi) is 12.8. The predicted molar refractivity (Wildman–Crippen MR) is 181 cm³/mol. The number of alkyl carbamates (subject to hydrolysis) is 1. The largest absolute Gasteiger partial charge is 0.444 e. The predicted octanol–water partition coefficient (Wildman–Crippen LogP) is 7.45. The zero-order valence-corrected chi connectivity index (χ0v) is 28.2. The second kappa shape index (κ2) is 16.3. The quantitative estimate of drug-likeness (QED) is 0.210. The van der Waals surface area contributed by atoms with Crippen LogP contribution >= 0.6 is 0 Å². The molecule has 0 radical (unpaired) electrons. The monoisotopic (exact) mass is 613 g/mol. The first-order valence-corrected chi connectivity index (χ1v) is 16.0. The summed E-state index contributed by atoms with van der Waals surface area (Å²) in [5, 5.41) is 5.98. The van der Waals surface area contributed by atoms with Crippen LogP contribution in [-0.2, 0) is 27.3 Å². The molecule has 3 atom stereocenters. The molecule has 0 aromatic heterocycles. The van der Waals surface area contributed by atoms with Gasteiger partial charge in [-0.05, 0) is 88.1 Å². The summed E-state index contributed by atoms with van der Waals surface area (Å²) in [4.78, 5) is 44.1. The van der Waals surface area contributed by atoms with E-state index in [-0.39, 0.29) is 24.3 Å². The summed E-state index contributed by atoms with van der Waals surface area (Å²) in [7, 11) is 0. The van der Waals surface area contributed by atoms with E-state index in [1.54, 1.807) is 25.7 Å². The molecule has 0 saturated carbocycles. The average molecular weight is 614 g/mol. The molecule has 0 aliphatic heterocycles. The van der Waals surface area contributed by atoms with Crippen LogP contribution in [0.2, 0.25) is 0 Å². The third-order valence-corrected chi connectivity index (χ3v) is 7.94. The Bertz CT molecular complexity index is 1400. The number of ether oxygens (including phenoxy) is 1. The van der Waals surface area contributed by atoms with Crippen molar-refractivity contribution in [2.75, 3.05) is 0 Å². The highest BCUT2D eigenvalue weighted by Crippen LogP contribution is 2.31. The number of hydrogen-bond donors (Lipinski definition) is 2. The zero-order valence-electron chi connectivity index (χ0n) is 28.2. The summed E-state index contributed by atoms with van der Waals surface area (Å²) in [6, 6.07) is 23.0. The average Bonchev–Trinajstić information content (AvgIpc) is 2.98. The topological polar surface area (TPSA) is 87.7 Å². The van der Waals surface area contributed by atoms with Gasteiger partial charge in [-0.3, -0.25) is 9.59 Å². The van der Waals surface area contributed by atoms with Crippen molar-refractivity contribution in [2.45, 2.75) is 105 Å². The van der Waals surface area contributed by atoms with Crippen molar-refractivity contribution in [1.82, 2.24) is 15.5 Å². The maximum Gasteiger partial charge on any atom is 0.408 e. The van der Waals surface area contributed by atoms with Gasteiger partial charge in [-0.2, -0.15) is 0 Å². The van der Waals surface area contributed by atoms with E-state index in [0.29, 0.717) is 18.9 Å². The number of nitrogens with zero attached hydrogens (tertiary/aromatic N) is 1. The molecule has 7 heteroatoms. The zero-order chi connectivity index (χ0) is 33.1. The smallest absolute Gasteiger partial charge is 0.408 e. The third-order valence-electron chi connectivity index (χ3n) is 7.94. The van der Waals surface area contributed by atoms with E-state index in [1.807, 2.05) is 99.6 Å². The molecule has 0 heterocycles. The maximum absolute atomic E-state index is 14.9. The lowest BCUT2D eigenvalue weighted by atomic mass is 9.92. The molecule has 0 spiro atoms. The van der Waals surface area contributed by atoms with E-state index in [9.17, 15) is 14.4 Å². The van der Waals surface area contributed by atoms with Crippen LogP contribution in [0.1, 0.15) is 88.2 Å². The van der Waals surface area contributed by atoms with E-state index < -0.39 is 23.8 Å². The first kappa shape index (κ1) is 35.4. The first-order chi connectivity index (χ1) is 21.3. The summed E-state index contributed by atoms with van der Waals surface area (Å²) in [6.07, 6.45) is 1.14. The Morgan fingerprint density at radius 3 is 1.98 bits per heavy atom. The van der Waals surface area contributed by atoms with Crippen LogP contribution in [-0.4, -0.2) is 40.5 Å². The number of benzene rings is 3.